The molecule has 1 unspecified atom stereocenters. The maximum Gasteiger partial charge on any atom is 0.492 e. The first-order valence-corrected chi connectivity index (χ1v) is 12.3. The van der Waals surface area contributed by atoms with E-state index in [1.54, 1.807) is 34.8 Å². The van der Waals surface area contributed by atoms with Crippen molar-refractivity contribution in [1.82, 2.24) is 35.1 Å². The van der Waals surface area contributed by atoms with Crippen molar-refractivity contribution in [1.29, 1.82) is 0 Å². The molecule has 202 valence electrons. The molecular weight excluding hydrogens is 527 g/mol. The Hall–Kier alpha value is -3.72. The van der Waals surface area contributed by atoms with Gasteiger partial charge < -0.3 is 9.57 Å². The molecule has 1 aliphatic heterocycles. The number of rotatable bonds is 8. The molecule has 1 aromatic carbocycles. The highest BCUT2D eigenvalue weighted by Gasteiger charge is 2.43. The van der Waals surface area contributed by atoms with E-state index in [9.17, 15) is 22.8 Å². The minimum Gasteiger partial charge on any atom is -0.497 e. The van der Waals surface area contributed by atoms with Gasteiger partial charge in [0.15, 0.2) is 10.9 Å². The molecule has 1 saturated heterocycles. The van der Waals surface area contributed by atoms with Crippen LogP contribution in [-0.2, 0) is 27.5 Å². The highest BCUT2D eigenvalue weighted by molar-refractivity contribution is 8.14. The van der Waals surface area contributed by atoms with Crippen LogP contribution in [0, 0.1) is 0 Å². The third-order valence-electron chi connectivity index (χ3n) is 5.56. The van der Waals surface area contributed by atoms with Crippen molar-refractivity contribution in [2.75, 3.05) is 20.2 Å². The minimum atomic E-state index is -5.10. The second kappa shape index (κ2) is 11.8. The maximum atomic E-state index is 12.6. The normalized spacial score (nSPS) is 17.5. The molecule has 0 N–H and O–H groups in total. The molecule has 1 atom stereocenters. The summed E-state index contributed by atoms with van der Waals surface area (Å²) in [6, 6.07) is 9.25. The lowest BCUT2D eigenvalue weighted by molar-refractivity contribution is -0.238. The average molecular weight is 552 g/mol. The molecule has 15 heteroatoms. The molecule has 1 aliphatic rings. The van der Waals surface area contributed by atoms with Crippen LogP contribution in [0.25, 0.3) is 6.08 Å². The summed E-state index contributed by atoms with van der Waals surface area (Å²) in [6.07, 6.45) is -1.38. The van der Waals surface area contributed by atoms with E-state index < -0.39 is 12.1 Å². The summed E-state index contributed by atoms with van der Waals surface area (Å²) < 4.78 is 46.4. The Kier molecular flexibility index (Phi) is 8.46. The van der Waals surface area contributed by atoms with Crippen LogP contribution >= 0.6 is 11.8 Å². The first kappa shape index (κ1) is 27.3. The number of piperidine rings is 1. The third-order valence-corrected chi connectivity index (χ3v) is 6.72. The number of halogens is 3. The van der Waals surface area contributed by atoms with E-state index in [4.69, 9.17) is 4.74 Å². The van der Waals surface area contributed by atoms with Gasteiger partial charge in [-0.1, -0.05) is 23.9 Å². The number of alkyl halides is 3. The molecule has 1 fully saturated rings. The molecule has 0 bridgehead atoms. The van der Waals surface area contributed by atoms with Crippen molar-refractivity contribution in [2.45, 2.75) is 37.9 Å². The van der Waals surface area contributed by atoms with E-state index in [0.29, 0.717) is 30.1 Å². The van der Waals surface area contributed by atoms with Crippen LogP contribution in [0.4, 0.5) is 13.2 Å². The van der Waals surface area contributed by atoms with Crippen LogP contribution in [0.1, 0.15) is 30.4 Å². The topological polar surface area (TPSA) is 117 Å². The number of benzene rings is 1. The molecule has 0 spiro atoms. The van der Waals surface area contributed by atoms with E-state index in [0.717, 1.165) is 28.1 Å². The summed E-state index contributed by atoms with van der Waals surface area (Å²) in [5, 5.41) is 16.9. The van der Waals surface area contributed by atoms with E-state index >= 15 is 0 Å². The Bertz CT molecular complexity index is 1310. The number of methoxy groups -OCH3 is 1. The van der Waals surface area contributed by atoms with Crippen molar-refractivity contribution in [3.05, 3.63) is 59.2 Å². The van der Waals surface area contributed by atoms with Gasteiger partial charge in [-0.2, -0.15) is 18.3 Å². The second-order valence-electron chi connectivity index (χ2n) is 8.39. The first-order valence-electron chi connectivity index (χ1n) is 11.4. The fourth-order valence-electron chi connectivity index (χ4n) is 3.79. The van der Waals surface area contributed by atoms with Gasteiger partial charge >= 0.3 is 12.1 Å². The van der Waals surface area contributed by atoms with Crippen LogP contribution in [0.2, 0.25) is 0 Å². The van der Waals surface area contributed by atoms with Gasteiger partial charge in [-0.25, -0.2) is 9.48 Å². The van der Waals surface area contributed by atoms with Crippen LogP contribution in [0.15, 0.2) is 42.1 Å². The lowest BCUT2D eigenvalue weighted by atomic mass is 10.0. The van der Waals surface area contributed by atoms with E-state index in [1.165, 1.54) is 6.92 Å². The van der Waals surface area contributed by atoms with E-state index in [-0.39, 0.29) is 30.0 Å². The molecule has 0 aliphatic carbocycles. The number of carbonyl (C=O) groups excluding carboxylic acids is 2. The number of nitrogens with zero attached hydrogens (tertiary/aromatic N) is 7. The standard InChI is InChI=1S/C23H24F3N7O4S/c1-15(34)38-20-8-10-32(37-22(35)23(24,25)26)13-17(20)11-18-7-9-31(28-18)14-21-27-29-30-33(21)12-16-3-5-19(36-2)6-4-16/h3-7,9,11,20H,8,10,12-14H2,1-2H3/b17-11+. The zero-order chi connectivity index (χ0) is 27.3. The van der Waals surface area contributed by atoms with Gasteiger partial charge in [-0.05, 0) is 52.3 Å². The maximum absolute atomic E-state index is 12.6. The summed E-state index contributed by atoms with van der Waals surface area (Å²) in [5.74, 6) is -0.977. The Morgan fingerprint density at radius 1 is 1.18 bits per heavy atom. The Labute approximate surface area is 219 Å². The molecule has 2 aromatic heterocycles. The molecule has 4 rings (SSSR count). The molecule has 3 aromatic rings. The lowest BCUT2D eigenvalue weighted by Gasteiger charge is -2.32. The van der Waals surface area contributed by atoms with E-state index in [1.807, 2.05) is 24.3 Å². The number of hydrogen-bond donors (Lipinski definition) is 0. The Morgan fingerprint density at radius 2 is 1.95 bits per heavy atom. The molecular formula is C23H24F3N7O4S. The SMILES string of the molecule is COc1ccc(Cn2nnnc2Cn2ccc(/C=C3\CN(OC(=O)C(F)(F)F)CCC3SC(C)=O)n2)cc1. The fourth-order valence-corrected chi connectivity index (χ4v) is 4.71. The molecule has 11 nitrogen and oxygen atoms in total. The molecule has 0 saturated carbocycles. The van der Waals surface area contributed by atoms with Crippen molar-refractivity contribution < 1.29 is 32.3 Å². The smallest absolute Gasteiger partial charge is 0.492 e. The molecule has 38 heavy (non-hydrogen) atoms. The molecule has 0 amide bonds. The number of ether oxygens (including phenoxy) is 1. The zero-order valence-electron chi connectivity index (χ0n) is 20.5. The third kappa shape index (κ3) is 7.19. The van der Waals surface area contributed by atoms with Crippen molar-refractivity contribution in [2.24, 2.45) is 0 Å². The predicted octanol–water partition coefficient (Wildman–Crippen LogP) is 2.73. The summed E-state index contributed by atoms with van der Waals surface area (Å²) in [7, 11) is 1.60. The number of aromatic nitrogens is 6. The van der Waals surface area contributed by atoms with Gasteiger partial charge in [0.1, 0.15) is 12.3 Å². The number of hydrogen-bond acceptors (Lipinski definition) is 10. The summed E-state index contributed by atoms with van der Waals surface area (Å²) >= 11 is 1.08. The van der Waals surface area contributed by atoms with Crippen molar-refractivity contribution in [3.63, 3.8) is 0 Å². The number of carbonyl (C=O) groups is 2. The van der Waals surface area contributed by atoms with Crippen LogP contribution in [0.3, 0.4) is 0 Å². The fraction of sp³-hybridized carbons (Fsp3) is 0.391. The molecule has 0 radical (unpaired) electrons. The van der Waals surface area contributed by atoms with Crippen LogP contribution in [-0.4, -0.2) is 77.8 Å². The van der Waals surface area contributed by atoms with Gasteiger partial charge in [-0.15, -0.1) is 10.2 Å². The summed E-state index contributed by atoms with van der Waals surface area (Å²) in [4.78, 5) is 27.5. The predicted molar refractivity (Wildman–Crippen MR) is 130 cm³/mol. The monoisotopic (exact) mass is 551 g/mol. The largest absolute Gasteiger partial charge is 0.497 e. The minimum absolute atomic E-state index is 0.0649. The van der Waals surface area contributed by atoms with Crippen LogP contribution in [0.5, 0.6) is 5.75 Å². The highest BCUT2D eigenvalue weighted by Crippen LogP contribution is 2.30. The number of thioether (sulfide) groups is 1. The van der Waals surface area contributed by atoms with Gasteiger partial charge in [0, 0.05) is 24.9 Å². The van der Waals surface area contributed by atoms with E-state index in [2.05, 4.69) is 25.5 Å². The van der Waals surface area contributed by atoms with Crippen LogP contribution < -0.4 is 4.74 Å². The van der Waals surface area contributed by atoms with Crippen molar-refractivity contribution in [3.8, 4) is 5.75 Å². The highest BCUT2D eigenvalue weighted by atomic mass is 32.2. The van der Waals surface area contributed by atoms with Gasteiger partial charge in [0.2, 0.25) is 0 Å². The first-order chi connectivity index (χ1) is 18.1. The van der Waals surface area contributed by atoms with Gasteiger partial charge in [0.05, 0.1) is 25.9 Å². The zero-order valence-corrected chi connectivity index (χ0v) is 21.3. The quantitative estimate of drug-likeness (QED) is 0.414. The summed E-state index contributed by atoms with van der Waals surface area (Å²) in [6.45, 7) is 2.12. The van der Waals surface area contributed by atoms with Gasteiger partial charge in [-0.3, -0.25) is 9.48 Å². The Balaban J connectivity index is 1.46. The number of hydroxylamine groups is 2. The van der Waals surface area contributed by atoms with Crippen molar-refractivity contribution >= 4 is 28.9 Å². The average Bonchev–Trinajstić information content (AvgIpc) is 3.49. The van der Waals surface area contributed by atoms with Gasteiger partial charge in [0.25, 0.3) is 0 Å². The Morgan fingerprint density at radius 3 is 2.63 bits per heavy atom. The molecule has 3 heterocycles. The second-order valence-corrected chi connectivity index (χ2v) is 9.76. The number of tetrazole rings is 1. The summed E-state index contributed by atoms with van der Waals surface area (Å²) in [5.41, 5.74) is 2.11. The lowest BCUT2D eigenvalue weighted by Crippen LogP contribution is -2.41.